The summed E-state index contributed by atoms with van der Waals surface area (Å²) in [6.07, 6.45) is 1.65. The first kappa shape index (κ1) is 17.0. The van der Waals surface area contributed by atoms with E-state index in [-0.39, 0.29) is 11.6 Å². The number of para-hydroxylation sites is 1. The summed E-state index contributed by atoms with van der Waals surface area (Å²) in [5.74, 6) is 0.376. The lowest BCUT2D eigenvalue weighted by Gasteiger charge is -2.08. The predicted molar refractivity (Wildman–Crippen MR) is 98.8 cm³/mol. The molecule has 1 aliphatic rings. The molecule has 0 bridgehead atoms. The predicted octanol–water partition coefficient (Wildman–Crippen LogP) is 4.64. The van der Waals surface area contributed by atoms with Crippen molar-refractivity contribution in [1.29, 1.82) is 0 Å². The molecule has 0 fully saturated rings. The molecule has 0 saturated heterocycles. The van der Waals surface area contributed by atoms with E-state index in [1.807, 2.05) is 31.2 Å². The third-order valence-electron chi connectivity index (χ3n) is 3.38. The van der Waals surface area contributed by atoms with Gasteiger partial charge in [-0.25, -0.2) is 9.79 Å². The average Bonchev–Trinajstić information content (AvgIpc) is 2.95. The van der Waals surface area contributed by atoms with Crippen LogP contribution in [0.1, 0.15) is 18.1 Å². The fraction of sp³-hybridized carbons (Fsp3) is 0.100. The van der Waals surface area contributed by atoms with Gasteiger partial charge in [-0.15, -0.1) is 0 Å². The second-order valence-corrected chi connectivity index (χ2v) is 6.07. The molecule has 2 aromatic rings. The number of rotatable bonds is 5. The van der Waals surface area contributed by atoms with Gasteiger partial charge in [0.2, 0.25) is 5.90 Å². The molecular weight excluding hydrogens is 338 g/mol. The third-order valence-corrected chi connectivity index (χ3v) is 3.61. The molecule has 0 aliphatic carbocycles. The van der Waals surface area contributed by atoms with E-state index in [1.54, 1.807) is 30.3 Å². The number of carbonyl (C=O) groups excluding carboxylic acids is 1. The van der Waals surface area contributed by atoms with E-state index in [1.165, 1.54) is 0 Å². The van der Waals surface area contributed by atoms with E-state index in [0.717, 1.165) is 11.1 Å². The smallest absolute Gasteiger partial charge is 0.363 e. The second-order valence-electron chi connectivity index (χ2n) is 5.63. The first-order chi connectivity index (χ1) is 12.0. The molecule has 3 rings (SSSR count). The van der Waals surface area contributed by atoms with E-state index < -0.39 is 5.97 Å². The Hall–Kier alpha value is -2.85. The van der Waals surface area contributed by atoms with Crippen LogP contribution in [0.2, 0.25) is 5.02 Å². The average molecular weight is 354 g/mol. The summed E-state index contributed by atoms with van der Waals surface area (Å²) < 4.78 is 11.0. The van der Waals surface area contributed by atoms with Crippen molar-refractivity contribution in [2.45, 2.75) is 6.92 Å². The summed E-state index contributed by atoms with van der Waals surface area (Å²) >= 11 is 5.97. The Morgan fingerprint density at radius 3 is 2.84 bits per heavy atom. The highest BCUT2D eigenvalue weighted by Crippen LogP contribution is 2.25. The molecule has 1 aliphatic heterocycles. The lowest BCUT2D eigenvalue weighted by Crippen LogP contribution is -2.05. The zero-order valence-electron chi connectivity index (χ0n) is 13.7. The highest BCUT2D eigenvalue weighted by molar-refractivity contribution is 6.31. The van der Waals surface area contributed by atoms with Crippen LogP contribution in [-0.4, -0.2) is 18.5 Å². The molecule has 0 saturated carbocycles. The quantitative estimate of drug-likeness (QED) is 0.447. The van der Waals surface area contributed by atoms with Crippen molar-refractivity contribution in [2.24, 2.45) is 4.99 Å². The Labute approximate surface area is 151 Å². The molecular formula is C20H16ClNO3. The first-order valence-electron chi connectivity index (χ1n) is 7.67. The van der Waals surface area contributed by atoms with Gasteiger partial charge in [-0.3, -0.25) is 0 Å². The van der Waals surface area contributed by atoms with Gasteiger partial charge in [0.1, 0.15) is 12.4 Å². The molecule has 2 aromatic carbocycles. The lowest BCUT2D eigenvalue weighted by atomic mass is 10.1. The van der Waals surface area contributed by atoms with Crippen molar-refractivity contribution in [3.8, 4) is 5.75 Å². The normalized spacial score (nSPS) is 15.0. The van der Waals surface area contributed by atoms with Crippen LogP contribution >= 0.6 is 11.6 Å². The van der Waals surface area contributed by atoms with Gasteiger partial charge in [0.15, 0.2) is 5.70 Å². The molecule has 0 aromatic heterocycles. The van der Waals surface area contributed by atoms with Gasteiger partial charge < -0.3 is 9.47 Å². The molecule has 0 N–H and O–H groups in total. The molecule has 126 valence electrons. The topological polar surface area (TPSA) is 47.9 Å². The number of hydrogen-bond donors (Lipinski definition) is 0. The largest absolute Gasteiger partial charge is 0.489 e. The van der Waals surface area contributed by atoms with Gasteiger partial charge >= 0.3 is 5.97 Å². The van der Waals surface area contributed by atoms with Crippen molar-refractivity contribution < 1.29 is 14.3 Å². The molecule has 0 amide bonds. The molecule has 4 nitrogen and oxygen atoms in total. The maximum absolute atomic E-state index is 12.1. The number of esters is 1. The highest BCUT2D eigenvalue weighted by atomic mass is 35.5. The number of nitrogens with zero attached hydrogens (tertiary/aromatic N) is 1. The van der Waals surface area contributed by atoms with E-state index in [4.69, 9.17) is 21.1 Å². The fourth-order valence-corrected chi connectivity index (χ4v) is 2.42. The van der Waals surface area contributed by atoms with E-state index in [2.05, 4.69) is 11.6 Å². The van der Waals surface area contributed by atoms with Crippen molar-refractivity contribution in [1.82, 2.24) is 0 Å². The van der Waals surface area contributed by atoms with E-state index in [0.29, 0.717) is 22.9 Å². The number of hydrogen-bond acceptors (Lipinski definition) is 4. The summed E-state index contributed by atoms with van der Waals surface area (Å²) in [6, 6.07) is 14.4. The van der Waals surface area contributed by atoms with Crippen molar-refractivity contribution >= 4 is 29.5 Å². The van der Waals surface area contributed by atoms with Gasteiger partial charge in [-0.05, 0) is 42.8 Å². The summed E-state index contributed by atoms with van der Waals surface area (Å²) in [7, 11) is 0. The summed E-state index contributed by atoms with van der Waals surface area (Å²) in [4.78, 5) is 16.4. The minimum Gasteiger partial charge on any atom is -0.489 e. The third kappa shape index (κ3) is 4.17. The van der Waals surface area contributed by atoms with Crippen molar-refractivity contribution in [3.05, 3.63) is 82.5 Å². The fourth-order valence-electron chi connectivity index (χ4n) is 2.23. The minimum atomic E-state index is -0.510. The number of aliphatic imine (C=N–C) groups is 1. The molecule has 0 spiro atoms. The molecule has 0 radical (unpaired) electrons. The Kier molecular flexibility index (Phi) is 5.00. The van der Waals surface area contributed by atoms with Gasteiger partial charge in [0, 0.05) is 16.1 Å². The SMILES string of the molecule is C=C(C)COc1ccccc1/C=C1\N=C(c2cccc(Cl)c2)OC1=O. The van der Waals surface area contributed by atoms with Crippen LogP contribution in [0.4, 0.5) is 0 Å². The lowest BCUT2D eigenvalue weighted by molar-refractivity contribution is -0.129. The van der Waals surface area contributed by atoms with Crippen LogP contribution < -0.4 is 4.74 Å². The second kappa shape index (κ2) is 7.36. The van der Waals surface area contributed by atoms with Gasteiger partial charge in [-0.1, -0.05) is 42.4 Å². The Morgan fingerprint density at radius 1 is 1.28 bits per heavy atom. The molecule has 5 heteroatoms. The van der Waals surface area contributed by atoms with Crippen LogP contribution in [0.25, 0.3) is 6.08 Å². The van der Waals surface area contributed by atoms with Gasteiger partial charge in [0.25, 0.3) is 0 Å². The van der Waals surface area contributed by atoms with Crippen LogP contribution in [-0.2, 0) is 9.53 Å². The van der Waals surface area contributed by atoms with Crippen LogP contribution in [0.5, 0.6) is 5.75 Å². The Morgan fingerprint density at radius 2 is 2.08 bits per heavy atom. The van der Waals surface area contributed by atoms with Gasteiger partial charge in [-0.2, -0.15) is 0 Å². The zero-order valence-corrected chi connectivity index (χ0v) is 14.4. The van der Waals surface area contributed by atoms with Gasteiger partial charge in [0.05, 0.1) is 0 Å². The van der Waals surface area contributed by atoms with Crippen LogP contribution in [0.3, 0.4) is 0 Å². The van der Waals surface area contributed by atoms with E-state index >= 15 is 0 Å². The number of cyclic esters (lactones) is 1. The molecule has 0 unspecified atom stereocenters. The van der Waals surface area contributed by atoms with E-state index in [9.17, 15) is 4.79 Å². The number of halogens is 1. The van der Waals surface area contributed by atoms with Crippen LogP contribution in [0, 0.1) is 0 Å². The Balaban J connectivity index is 1.91. The summed E-state index contributed by atoms with van der Waals surface area (Å²) in [5, 5.41) is 0.548. The standard InChI is InChI=1S/C20H16ClNO3/c1-13(2)12-24-18-9-4-3-6-14(18)11-17-20(23)25-19(22-17)15-7-5-8-16(21)10-15/h3-11H,1,12H2,2H3/b17-11-. The first-order valence-corrected chi connectivity index (χ1v) is 8.05. The number of carbonyl (C=O) groups is 1. The Bertz CT molecular complexity index is 899. The molecule has 25 heavy (non-hydrogen) atoms. The summed E-state index contributed by atoms with van der Waals surface area (Å²) in [6.45, 7) is 6.11. The zero-order chi connectivity index (χ0) is 17.8. The molecule has 0 atom stereocenters. The number of benzene rings is 2. The maximum Gasteiger partial charge on any atom is 0.363 e. The monoisotopic (exact) mass is 353 g/mol. The maximum atomic E-state index is 12.1. The highest BCUT2D eigenvalue weighted by Gasteiger charge is 2.24. The number of ether oxygens (including phenoxy) is 2. The molecule has 1 heterocycles. The summed E-state index contributed by atoms with van der Waals surface area (Å²) in [5.41, 5.74) is 2.51. The van der Waals surface area contributed by atoms with Crippen molar-refractivity contribution in [2.75, 3.05) is 6.61 Å². The van der Waals surface area contributed by atoms with Crippen molar-refractivity contribution in [3.63, 3.8) is 0 Å². The minimum absolute atomic E-state index is 0.210. The van der Waals surface area contributed by atoms with Crippen LogP contribution in [0.15, 0.2) is 71.4 Å².